The van der Waals surface area contributed by atoms with E-state index >= 15 is 0 Å². The summed E-state index contributed by atoms with van der Waals surface area (Å²) in [4.78, 5) is 12.2. The lowest BCUT2D eigenvalue weighted by atomic mass is 9.89. The number of carbonyl (C=O) groups excluding carboxylic acids is 1. The third kappa shape index (κ3) is 4.18. The zero-order valence-corrected chi connectivity index (χ0v) is 14.9. The van der Waals surface area contributed by atoms with Crippen LogP contribution in [-0.2, 0) is 24.1 Å². The van der Waals surface area contributed by atoms with Crippen LogP contribution in [0.1, 0.15) is 54.5 Å². The number of aryl methyl sites for hydroxylation is 3. The Morgan fingerprint density at radius 2 is 1.88 bits per heavy atom. The molecule has 1 aliphatic rings. The van der Waals surface area contributed by atoms with E-state index in [1.165, 1.54) is 36.0 Å². The molecule has 0 saturated carbocycles. The molecule has 0 radical (unpaired) electrons. The predicted molar refractivity (Wildman–Crippen MR) is 99.4 cm³/mol. The zero-order chi connectivity index (χ0) is 16.9. The van der Waals surface area contributed by atoms with Gasteiger partial charge in [0.1, 0.15) is 0 Å². The quantitative estimate of drug-likeness (QED) is 0.812. The highest BCUT2D eigenvalue weighted by Crippen LogP contribution is 2.25. The van der Waals surface area contributed by atoms with Crippen molar-refractivity contribution < 1.29 is 4.79 Å². The molecule has 1 N–H and O–H groups in total. The largest absolute Gasteiger partial charge is 0.350 e. The molecule has 0 aromatic heterocycles. The van der Waals surface area contributed by atoms with Gasteiger partial charge < -0.3 is 5.32 Å². The van der Waals surface area contributed by atoms with Gasteiger partial charge in [0.2, 0.25) is 5.91 Å². The Balaban J connectivity index is 1.57. The number of rotatable bonds is 5. The maximum Gasteiger partial charge on any atom is 0.220 e. The van der Waals surface area contributed by atoms with E-state index in [4.69, 9.17) is 11.6 Å². The molecule has 1 aliphatic carbocycles. The number of hydrogen-bond acceptors (Lipinski definition) is 1. The fourth-order valence-electron chi connectivity index (χ4n) is 3.37. The third-order valence-electron chi connectivity index (χ3n) is 4.83. The molecule has 0 heterocycles. The highest BCUT2D eigenvalue weighted by Gasteiger charge is 2.14. The lowest BCUT2D eigenvalue weighted by molar-refractivity contribution is -0.121. The molecule has 1 unspecified atom stereocenters. The summed E-state index contributed by atoms with van der Waals surface area (Å²) in [6.45, 7) is 2.05. The van der Waals surface area contributed by atoms with Gasteiger partial charge in [-0.05, 0) is 67.3 Å². The number of hydrogen-bond donors (Lipinski definition) is 1. The maximum absolute atomic E-state index is 12.2. The Morgan fingerprint density at radius 1 is 1.12 bits per heavy atom. The van der Waals surface area contributed by atoms with Crippen LogP contribution in [0.3, 0.4) is 0 Å². The first-order valence-electron chi connectivity index (χ1n) is 8.78. The molecule has 2 aromatic carbocycles. The van der Waals surface area contributed by atoms with Crippen molar-refractivity contribution in [2.45, 2.75) is 51.5 Å². The van der Waals surface area contributed by atoms with Crippen molar-refractivity contribution in [1.29, 1.82) is 0 Å². The second-order valence-electron chi connectivity index (χ2n) is 6.62. The third-order valence-corrected chi connectivity index (χ3v) is 5.20. The molecule has 3 rings (SSSR count). The lowest BCUT2D eigenvalue weighted by Gasteiger charge is -2.20. The van der Waals surface area contributed by atoms with Crippen LogP contribution in [0.2, 0.25) is 5.02 Å². The Kier molecular flexibility index (Phi) is 5.57. The molecule has 0 bridgehead atoms. The fourth-order valence-corrected chi connectivity index (χ4v) is 3.60. The van der Waals surface area contributed by atoms with Gasteiger partial charge in [0, 0.05) is 11.4 Å². The summed E-state index contributed by atoms with van der Waals surface area (Å²) >= 11 is 6.15. The molecule has 0 fully saturated rings. The van der Waals surface area contributed by atoms with E-state index in [1.807, 2.05) is 24.3 Å². The Morgan fingerprint density at radius 3 is 2.67 bits per heavy atom. The second kappa shape index (κ2) is 7.85. The summed E-state index contributed by atoms with van der Waals surface area (Å²) in [5.41, 5.74) is 5.15. The predicted octanol–water partition coefficient (Wildman–Crippen LogP) is 5.03. The van der Waals surface area contributed by atoms with Gasteiger partial charge in [-0.25, -0.2) is 0 Å². The molecule has 2 nitrogen and oxygen atoms in total. The standard InChI is InChI=1S/C21H24ClNO/c1-15(18-11-10-16-6-2-3-8-19(16)14-18)23-21(24)13-12-17-7-4-5-9-20(17)22/h4-5,7,9-11,14-15H,2-3,6,8,12-13H2,1H3,(H,23,24). The molecule has 1 amide bonds. The van der Waals surface area contributed by atoms with Gasteiger partial charge in [-0.1, -0.05) is 48.0 Å². The van der Waals surface area contributed by atoms with Crippen molar-refractivity contribution in [3.63, 3.8) is 0 Å². The van der Waals surface area contributed by atoms with Crippen molar-refractivity contribution >= 4 is 17.5 Å². The zero-order valence-electron chi connectivity index (χ0n) is 14.1. The first-order valence-corrected chi connectivity index (χ1v) is 9.16. The van der Waals surface area contributed by atoms with Crippen LogP contribution < -0.4 is 5.32 Å². The highest BCUT2D eigenvalue weighted by molar-refractivity contribution is 6.31. The van der Waals surface area contributed by atoms with Crippen molar-refractivity contribution in [3.05, 3.63) is 69.7 Å². The minimum absolute atomic E-state index is 0.0379. The number of carbonyl (C=O) groups is 1. The molecule has 3 heteroatoms. The van der Waals surface area contributed by atoms with E-state index < -0.39 is 0 Å². The number of nitrogens with one attached hydrogen (secondary N) is 1. The van der Waals surface area contributed by atoms with Gasteiger partial charge in [0.25, 0.3) is 0 Å². The molecule has 2 aromatic rings. The van der Waals surface area contributed by atoms with Gasteiger partial charge in [0.05, 0.1) is 6.04 Å². The van der Waals surface area contributed by atoms with Gasteiger partial charge in [0.15, 0.2) is 0 Å². The molecule has 24 heavy (non-hydrogen) atoms. The fraction of sp³-hybridized carbons (Fsp3) is 0.381. The van der Waals surface area contributed by atoms with Crippen molar-refractivity contribution in [2.75, 3.05) is 0 Å². The summed E-state index contributed by atoms with van der Waals surface area (Å²) in [6, 6.07) is 14.4. The summed E-state index contributed by atoms with van der Waals surface area (Å²) in [6.07, 6.45) is 6.04. The van der Waals surface area contributed by atoms with Gasteiger partial charge >= 0.3 is 0 Å². The van der Waals surface area contributed by atoms with Crippen molar-refractivity contribution in [2.24, 2.45) is 0 Å². The van der Waals surface area contributed by atoms with Crippen LogP contribution in [0, 0.1) is 0 Å². The Labute approximate surface area is 149 Å². The van der Waals surface area contributed by atoms with Crippen LogP contribution in [-0.4, -0.2) is 5.91 Å². The van der Waals surface area contributed by atoms with Gasteiger partial charge in [-0.2, -0.15) is 0 Å². The minimum atomic E-state index is 0.0379. The number of fused-ring (bicyclic) bond motifs is 1. The molecule has 0 saturated heterocycles. The highest BCUT2D eigenvalue weighted by atomic mass is 35.5. The molecule has 0 spiro atoms. The van der Waals surface area contributed by atoms with E-state index in [0.29, 0.717) is 12.8 Å². The van der Waals surface area contributed by atoms with E-state index in [1.54, 1.807) is 0 Å². The average molecular weight is 342 g/mol. The van der Waals surface area contributed by atoms with Crippen LogP contribution >= 0.6 is 11.6 Å². The SMILES string of the molecule is CC(NC(=O)CCc1ccccc1Cl)c1ccc2c(c1)CCCC2. The minimum Gasteiger partial charge on any atom is -0.350 e. The molecular formula is C21H24ClNO. The molecule has 0 aliphatic heterocycles. The van der Waals surface area contributed by atoms with Crippen LogP contribution in [0.15, 0.2) is 42.5 Å². The van der Waals surface area contributed by atoms with Crippen LogP contribution in [0.5, 0.6) is 0 Å². The lowest BCUT2D eigenvalue weighted by Crippen LogP contribution is -2.27. The van der Waals surface area contributed by atoms with Gasteiger partial charge in [-0.3, -0.25) is 4.79 Å². The molecule has 126 valence electrons. The Bertz CT molecular complexity index is 726. The summed E-state index contributed by atoms with van der Waals surface area (Å²) in [5, 5.41) is 3.84. The van der Waals surface area contributed by atoms with Crippen LogP contribution in [0.25, 0.3) is 0 Å². The first-order chi connectivity index (χ1) is 11.6. The monoisotopic (exact) mass is 341 g/mol. The van der Waals surface area contributed by atoms with Gasteiger partial charge in [-0.15, -0.1) is 0 Å². The van der Waals surface area contributed by atoms with E-state index in [0.717, 1.165) is 17.0 Å². The summed E-state index contributed by atoms with van der Waals surface area (Å²) < 4.78 is 0. The average Bonchev–Trinajstić information content (AvgIpc) is 2.60. The van der Waals surface area contributed by atoms with Crippen LogP contribution in [0.4, 0.5) is 0 Å². The number of amides is 1. The maximum atomic E-state index is 12.2. The Hall–Kier alpha value is -1.80. The van der Waals surface area contributed by atoms with E-state index in [2.05, 4.69) is 30.4 Å². The first kappa shape index (κ1) is 17.0. The van der Waals surface area contributed by atoms with E-state index in [9.17, 15) is 4.79 Å². The smallest absolute Gasteiger partial charge is 0.220 e. The number of halogens is 1. The second-order valence-corrected chi connectivity index (χ2v) is 7.02. The van der Waals surface area contributed by atoms with E-state index in [-0.39, 0.29) is 11.9 Å². The van der Waals surface area contributed by atoms with Crippen molar-refractivity contribution in [1.82, 2.24) is 5.32 Å². The topological polar surface area (TPSA) is 29.1 Å². The summed E-state index contributed by atoms with van der Waals surface area (Å²) in [7, 11) is 0. The summed E-state index contributed by atoms with van der Waals surface area (Å²) in [5.74, 6) is 0.0696. The molecule has 1 atom stereocenters. The normalized spacial score (nSPS) is 14.8. The number of benzene rings is 2. The van der Waals surface area contributed by atoms with Crippen molar-refractivity contribution in [3.8, 4) is 0 Å². The molecular weight excluding hydrogens is 318 g/mol.